The number of hydrogen-bond acceptors (Lipinski definition) is 2. The largest absolute Gasteiger partial charge is 0.481 e. The van der Waals surface area contributed by atoms with Crippen LogP contribution in [0.2, 0.25) is 0 Å². The van der Waals surface area contributed by atoms with E-state index in [-0.39, 0.29) is 18.1 Å². The third kappa shape index (κ3) is 4.39. The third-order valence-corrected chi connectivity index (χ3v) is 2.77. The number of carbonyl (C=O) groups is 2. The highest BCUT2D eigenvalue weighted by atomic mass is 16.4. The van der Waals surface area contributed by atoms with Crippen LogP contribution in [-0.2, 0) is 16.0 Å². The monoisotopic (exact) mass is 234 g/mol. The van der Waals surface area contributed by atoms with E-state index in [0.29, 0.717) is 6.42 Å². The lowest BCUT2D eigenvalue weighted by atomic mass is 9.91. The lowest BCUT2D eigenvalue weighted by Crippen LogP contribution is -2.22. The van der Waals surface area contributed by atoms with E-state index in [1.165, 1.54) is 0 Å². The van der Waals surface area contributed by atoms with Crippen molar-refractivity contribution in [2.24, 2.45) is 11.8 Å². The number of aliphatic carboxylic acids is 1. The minimum Gasteiger partial charge on any atom is -0.481 e. The van der Waals surface area contributed by atoms with Gasteiger partial charge in [0.2, 0.25) is 0 Å². The van der Waals surface area contributed by atoms with Crippen molar-refractivity contribution < 1.29 is 14.7 Å². The van der Waals surface area contributed by atoms with E-state index in [2.05, 4.69) is 0 Å². The molecule has 1 atom stereocenters. The van der Waals surface area contributed by atoms with Gasteiger partial charge in [0, 0.05) is 12.3 Å². The smallest absolute Gasteiger partial charge is 0.307 e. The normalized spacial score (nSPS) is 12.4. The summed E-state index contributed by atoms with van der Waals surface area (Å²) in [6.07, 6.45) is 0.524. The second-order valence-electron chi connectivity index (χ2n) is 4.55. The summed E-state index contributed by atoms with van der Waals surface area (Å²) in [7, 11) is 0. The van der Waals surface area contributed by atoms with Crippen LogP contribution < -0.4 is 0 Å². The molecular weight excluding hydrogens is 216 g/mol. The SMILES string of the molecule is CC(C)C(=O)CC(Cc1ccccc1)C(=O)O. The molecule has 0 saturated heterocycles. The molecule has 3 heteroatoms. The molecule has 0 aliphatic carbocycles. The van der Waals surface area contributed by atoms with Crippen LogP contribution in [0.1, 0.15) is 25.8 Å². The number of rotatable bonds is 6. The van der Waals surface area contributed by atoms with E-state index < -0.39 is 11.9 Å². The van der Waals surface area contributed by atoms with E-state index in [4.69, 9.17) is 5.11 Å². The number of carboxylic acid groups (broad SMARTS) is 1. The highest BCUT2D eigenvalue weighted by Gasteiger charge is 2.22. The molecule has 0 amide bonds. The zero-order valence-electron chi connectivity index (χ0n) is 10.2. The van der Waals surface area contributed by atoms with Crippen LogP contribution in [-0.4, -0.2) is 16.9 Å². The Hall–Kier alpha value is -1.64. The van der Waals surface area contributed by atoms with Gasteiger partial charge in [-0.05, 0) is 12.0 Å². The zero-order valence-corrected chi connectivity index (χ0v) is 10.2. The quantitative estimate of drug-likeness (QED) is 0.823. The van der Waals surface area contributed by atoms with Crippen LogP contribution in [0.3, 0.4) is 0 Å². The minimum atomic E-state index is -0.900. The Morgan fingerprint density at radius 2 is 1.76 bits per heavy atom. The Bertz CT molecular complexity index is 382. The Morgan fingerprint density at radius 3 is 2.24 bits per heavy atom. The van der Waals surface area contributed by atoms with Crippen molar-refractivity contribution in [3.05, 3.63) is 35.9 Å². The first kappa shape index (κ1) is 13.4. The molecule has 3 nitrogen and oxygen atoms in total. The first-order valence-electron chi connectivity index (χ1n) is 5.80. The fraction of sp³-hybridized carbons (Fsp3) is 0.429. The van der Waals surface area contributed by atoms with E-state index in [0.717, 1.165) is 5.56 Å². The first-order valence-corrected chi connectivity index (χ1v) is 5.80. The number of carbonyl (C=O) groups excluding carboxylic acids is 1. The van der Waals surface area contributed by atoms with Gasteiger partial charge in [0.05, 0.1) is 5.92 Å². The van der Waals surface area contributed by atoms with Gasteiger partial charge in [-0.15, -0.1) is 0 Å². The van der Waals surface area contributed by atoms with Gasteiger partial charge in [-0.2, -0.15) is 0 Å². The number of carboxylic acids is 1. The van der Waals surface area contributed by atoms with Gasteiger partial charge in [-0.3, -0.25) is 9.59 Å². The Morgan fingerprint density at radius 1 is 1.18 bits per heavy atom. The second-order valence-corrected chi connectivity index (χ2v) is 4.55. The van der Waals surface area contributed by atoms with Crippen molar-refractivity contribution in [3.8, 4) is 0 Å². The molecule has 0 saturated carbocycles. The molecule has 0 spiro atoms. The summed E-state index contributed by atoms with van der Waals surface area (Å²) in [6.45, 7) is 3.59. The van der Waals surface area contributed by atoms with Crippen LogP contribution in [0.4, 0.5) is 0 Å². The molecule has 0 heterocycles. The molecule has 1 unspecified atom stereocenters. The number of ketones is 1. The maximum Gasteiger partial charge on any atom is 0.307 e. The summed E-state index contributed by atoms with van der Waals surface area (Å²) in [5, 5.41) is 9.11. The van der Waals surface area contributed by atoms with Crippen LogP contribution in [0.25, 0.3) is 0 Å². The van der Waals surface area contributed by atoms with E-state index >= 15 is 0 Å². The summed E-state index contributed by atoms with van der Waals surface area (Å²) in [6, 6.07) is 9.40. The van der Waals surface area contributed by atoms with Gasteiger partial charge >= 0.3 is 5.97 Å². The van der Waals surface area contributed by atoms with Crippen LogP contribution in [0.5, 0.6) is 0 Å². The van der Waals surface area contributed by atoms with Crippen LogP contribution in [0, 0.1) is 11.8 Å². The second kappa shape index (κ2) is 6.18. The van der Waals surface area contributed by atoms with E-state index in [1.54, 1.807) is 13.8 Å². The lowest BCUT2D eigenvalue weighted by molar-refractivity contribution is -0.144. The van der Waals surface area contributed by atoms with Crippen molar-refractivity contribution in [3.63, 3.8) is 0 Å². The molecule has 1 N–H and O–H groups in total. The van der Waals surface area contributed by atoms with Gasteiger partial charge in [0.25, 0.3) is 0 Å². The number of hydrogen-bond donors (Lipinski definition) is 1. The highest BCUT2D eigenvalue weighted by molar-refractivity contribution is 5.85. The standard InChI is InChI=1S/C14H18O3/c1-10(2)13(15)9-12(14(16)17)8-11-6-4-3-5-7-11/h3-7,10,12H,8-9H2,1-2H3,(H,16,17). The van der Waals surface area contributed by atoms with Gasteiger partial charge in [-0.25, -0.2) is 0 Å². The molecule has 1 aromatic rings. The summed E-state index contributed by atoms with van der Waals surface area (Å²) in [4.78, 5) is 22.7. The summed E-state index contributed by atoms with van der Waals surface area (Å²) in [5.41, 5.74) is 0.955. The maximum atomic E-state index is 11.6. The van der Waals surface area contributed by atoms with Crippen LogP contribution >= 0.6 is 0 Å². The van der Waals surface area contributed by atoms with Gasteiger partial charge in [0.15, 0.2) is 0 Å². The molecular formula is C14H18O3. The molecule has 92 valence electrons. The Kier molecular flexibility index (Phi) is 4.88. The predicted octanol–water partition coefficient (Wildman–Crippen LogP) is 2.55. The highest BCUT2D eigenvalue weighted by Crippen LogP contribution is 2.15. The molecule has 0 aromatic heterocycles. The van der Waals surface area contributed by atoms with Gasteiger partial charge < -0.3 is 5.11 Å². The van der Waals surface area contributed by atoms with Crippen molar-refractivity contribution in [1.82, 2.24) is 0 Å². The molecule has 0 aliphatic heterocycles. The number of Topliss-reactive ketones (excluding diaryl/α,β-unsaturated/α-hetero) is 1. The fourth-order valence-corrected chi connectivity index (χ4v) is 1.62. The Balaban J connectivity index is 2.68. The molecule has 0 radical (unpaired) electrons. The lowest BCUT2D eigenvalue weighted by Gasteiger charge is -2.13. The minimum absolute atomic E-state index is 0.00771. The molecule has 1 aromatic carbocycles. The van der Waals surface area contributed by atoms with E-state index in [9.17, 15) is 9.59 Å². The summed E-state index contributed by atoms with van der Waals surface area (Å²) < 4.78 is 0. The average Bonchev–Trinajstić information content (AvgIpc) is 2.29. The molecule has 0 bridgehead atoms. The fourth-order valence-electron chi connectivity index (χ4n) is 1.62. The maximum absolute atomic E-state index is 11.6. The van der Waals surface area contributed by atoms with Crippen molar-refractivity contribution in [1.29, 1.82) is 0 Å². The third-order valence-electron chi connectivity index (χ3n) is 2.77. The molecule has 0 fully saturated rings. The van der Waals surface area contributed by atoms with Crippen molar-refractivity contribution in [2.45, 2.75) is 26.7 Å². The van der Waals surface area contributed by atoms with E-state index in [1.807, 2.05) is 30.3 Å². The topological polar surface area (TPSA) is 54.4 Å². The average molecular weight is 234 g/mol. The van der Waals surface area contributed by atoms with Crippen molar-refractivity contribution in [2.75, 3.05) is 0 Å². The zero-order chi connectivity index (χ0) is 12.8. The van der Waals surface area contributed by atoms with Gasteiger partial charge in [-0.1, -0.05) is 44.2 Å². The molecule has 0 aliphatic rings. The summed E-state index contributed by atoms with van der Waals surface area (Å²) >= 11 is 0. The van der Waals surface area contributed by atoms with Crippen LogP contribution in [0.15, 0.2) is 30.3 Å². The van der Waals surface area contributed by atoms with Gasteiger partial charge in [0.1, 0.15) is 5.78 Å². The molecule has 1 rings (SSSR count). The first-order chi connectivity index (χ1) is 8.00. The predicted molar refractivity (Wildman–Crippen MR) is 65.7 cm³/mol. The number of benzene rings is 1. The molecule has 17 heavy (non-hydrogen) atoms. The Labute approximate surface area is 101 Å². The van der Waals surface area contributed by atoms with Crippen molar-refractivity contribution >= 4 is 11.8 Å². The summed E-state index contributed by atoms with van der Waals surface area (Å²) in [5.74, 6) is -1.61.